The quantitative estimate of drug-likeness (QED) is 0.405. The third kappa shape index (κ3) is 4.33. The molecule has 0 radical (unpaired) electrons. The number of hydrogen-bond donors (Lipinski definition) is 1. The molecule has 6 heteroatoms. The Balaban J connectivity index is 1.49. The van der Waals surface area contributed by atoms with Gasteiger partial charge in [-0.05, 0) is 54.4 Å². The molecular formula is C24H23N3O2S. The maximum Gasteiger partial charge on any atom is 0.257 e. The van der Waals surface area contributed by atoms with Gasteiger partial charge in [-0.25, -0.2) is 4.98 Å². The monoisotopic (exact) mass is 417 g/mol. The molecule has 0 aliphatic carbocycles. The number of para-hydroxylation sites is 2. The van der Waals surface area contributed by atoms with Gasteiger partial charge in [-0.3, -0.25) is 4.79 Å². The Morgan fingerprint density at radius 3 is 2.60 bits per heavy atom. The van der Waals surface area contributed by atoms with Crippen molar-refractivity contribution < 1.29 is 9.21 Å². The van der Waals surface area contributed by atoms with E-state index in [1.807, 2.05) is 87.7 Å². The van der Waals surface area contributed by atoms with Gasteiger partial charge in [0.15, 0.2) is 5.58 Å². The second-order valence-corrected chi connectivity index (χ2v) is 8.17. The van der Waals surface area contributed by atoms with E-state index in [4.69, 9.17) is 4.42 Å². The first kappa shape index (κ1) is 20.0. The number of benzene rings is 3. The molecule has 0 spiro atoms. The summed E-state index contributed by atoms with van der Waals surface area (Å²) in [6.45, 7) is 2.04. The van der Waals surface area contributed by atoms with Crippen molar-refractivity contribution in [3.8, 4) is 0 Å². The van der Waals surface area contributed by atoms with Crippen molar-refractivity contribution in [2.45, 2.75) is 17.9 Å². The lowest BCUT2D eigenvalue weighted by atomic mass is 10.1. The van der Waals surface area contributed by atoms with Crippen molar-refractivity contribution in [2.75, 3.05) is 24.3 Å². The summed E-state index contributed by atoms with van der Waals surface area (Å²) in [5, 5.41) is 3.62. The molecule has 5 nitrogen and oxygen atoms in total. The molecule has 0 aliphatic rings. The van der Waals surface area contributed by atoms with Gasteiger partial charge in [0.1, 0.15) is 5.52 Å². The third-order valence-corrected chi connectivity index (χ3v) is 5.70. The number of aromatic nitrogens is 1. The topological polar surface area (TPSA) is 58.4 Å². The first-order valence-electron chi connectivity index (χ1n) is 9.67. The van der Waals surface area contributed by atoms with Crippen LogP contribution in [0.2, 0.25) is 0 Å². The maximum atomic E-state index is 12.9. The van der Waals surface area contributed by atoms with E-state index >= 15 is 0 Å². The number of amides is 1. The van der Waals surface area contributed by atoms with Crippen LogP contribution in [0.1, 0.15) is 21.5 Å². The highest BCUT2D eigenvalue weighted by molar-refractivity contribution is 7.98. The number of hydrogen-bond acceptors (Lipinski definition) is 5. The molecule has 0 bridgehead atoms. The average Bonchev–Trinajstić information content (AvgIpc) is 3.15. The van der Waals surface area contributed by atoms with E-state index in [1.165, 1.54) is 11.8 Å². The van der Waals surface area contributed by atoms with Gasteiger partial charge in [0.05, 0.1) is 0 Å². The standard InChI is InChI=1S/C24H23N3O2S/c1-16-14-18(12-13-21(16)27(2)3)25-23(28)19-9-5-4-8-17(19)15-30-24-26-20-10-6-7-11-22(20)29-24/h4-14H,15H2,1-3H3,(H,25,28). The van der Waals surface area contributed by atoms with E-state index in [9.17, 15) is 4.79 Å². The van der Waals surface area contributed by atoms with Gasteiger partial charge in [-0.15, -0.1) is 0 Å². The van der Waals surface area contributed by atoms with Crippen molar-refractivity contribution in [3.63, 3.8) is 0 Å². The number of nitrogens with zero attached hydrogens (tertiary/aromatic N) is 2. The number of nitrogens with one attached hydrogen (secondary N) is 1. The van der Waals surface area contributed by atoms with Crippen molar-refractivity contribution >= 4 is 40.1 Å². The highest BCUT2D eigenvalue weighted by atomic mass is 32.2. The van der Waals surface area contributed by atoms with Crippen LogP contribution in [0.15, 0.2) is 76.4 Å². The van der Waals surface area contributed by atoms with E-state index in [0.717, 1.165) is 33.6 Å². The molecule has 0 atom stereocenters. The van der Waals surface area contributed by atoms with Gasteiger partial charge in [0, 0.05) is 36.8 Å². The predicted molar refractivity (Wildman–Crippen MR) is 123 cm³/mol. The minimum Gasteiger partial charge on any atom is -0.431 e. The van der Waals surface area contributed by atoms with E-state index in [2.05, 4.69) is 15.2 Å². The number of fused-ring (bicyclic) bond motifs is 1. The van der Waals surface area contributed by atoms with Gasteiger partial charge in [-0.1, -0.05) is 42.1 Å². The van der Waals surface area contributed by atoms with Crippen LogP contribution in [0.3, 0.4) is 0 Å². The van der Waals surface area contributed by atoms with Gasteiger partial charge >= 0.3 is 0 Å². The van der Waals surface area contributed by atoms with E-state index in [1.54, 1.807) is 0 Å². The average molecular weight is 418 g/mol. The fraction of sp³-hybridized carbons (Fsp3) is 0.167. The zero-order valence-electron chi connectivity index (χ0n) is 17.2. The second-order valence-electron chi connectivity index (χ2n) is 7.24. The van der Waals surface area contributed by atoms with Crippen molar-refractivity contribution in [2.24, 2.45) is 0 Å². The molecule has 1 amide bonds. The van der Waals surface area contributed by atoms with Crippen molar-refractivity contribution in [1.29, 1.82) is 0 Å². The number of anilines is 2. The smallest absolute Gasteiger partial charge is 0.257 e. The molecule has 4 rings (SSSR count). The van der Waals surface area contributed by atoms with Crippen LogP contribution in [-0.2, 0) is 5.75 Å². The highest BCUT2D eigenvalue weighted by Gasteiger charge is 2.14. The Morgan fingerprint density at radius 1 is 1.07 bits per heavy atom. The molecule has 4 aromatic rings. The van der Waals surface area contributed by atoms with Crippen LogP contribution in [0.5, 0.6) is 0 Å². The highest BCUT2D eigenvalue weighted by Crippen LogP contribution is 2.28. The first-order chi connectivity index (χ1) is 14.5. The molecule has 152 valence electrons. The molecule has 0 fully saturated rings. The van der Waals surface area contributed by atoms with Crippen LogP contribution in [0.4, 0.5) is 11.4 Å². The zero-order valence-corrected chi connectivity index (χ0v) is 18.0. The minimum absolute atomic E-state index is 0.124. The van der Waals surface area contributed by atoms with Crippen LogP contribution in [0, 0.1) is 6.92 Å². The summed E-state index contributed by atoms with van der Waals surface area (Å²) in [6.07, 6.45) is 0. The van der Waals surface area contributed by atoms with Crippen LogP contribution >= 0.6 is 11.8 Å². The maximum absolute atomic E-state index is 12.9. The number of thioether (sulfide) groups is 1. The summed E-state index contributed by atoms with van der Waals surface area (Å²) in [5.41, 5.74) is 6.20. The lowest BCUT2D eigenvalue weighted by molar-refractivity contribution is 0.102. The normalized spacial score (nSPS) is 10.9. The van der Waals surface area contributed by atoms with Gasteiger partial charge < -0.3 is 14.6 Å². The van der Waals surface area contributed by atoms with Gasteiger partial charge in [0.25, 0.3) is 11.1 Å². The van der Waals surface area contributed by atoms with E-state index in [-0.39, 0.29) is 5.91 Å². The zero-order chi connectivity index (χ0) is 21.1. The SMILES string of the molecule is Cc1cc(NC(=O)c2ccccc2CSc2nc3ccccc3o2)ccc1N(C)C. The molecule has 1 N–H and O–H groups in total. The second kappa shape index (κ2) is 8.63. The fourth-order valence-electron chi connectivity index (χ4n) is 3.35. The van der Waals surface area contributed by atoms with E-state index < -0.39 is 0 Å². The predicted octanol–water partition coefficient (Wildman–Crippen LogP) is 5.75. The Labute approximate surface area is 180 Å². The number of oxazole rings is 1. The molecule has 0 unspecified atom stereocenters. The lowest BCUT2D eigenvalue weighted by Gasteiger charge is -2.17. The summed E-state index contributed by atoms with van der Waals surface area (Å²) in [5.74, 6) is 0.468. The van der Waals surface area contributed by atoms with Gasteiger partial charge in [0.2, 0.25) is 0 Å². The van der Waals surface area contributed by atoms with Crippen molar-refractivity contribution in [3.05, 3.63) is 83.4 Å². The Kier molecular flexibility index (Phi) is 5.77. The summed E-state index contributed by atoms with van der Waals surface area (Å²) >= 11 is 1.48. The summed E-state index contributed by atoms with van der Waals surface area (Å²) in [6, 6.07) is 21.2. The minimum atomic E-state index is -0.124. The molecule has 3 aromatic carbocycles. The first-order valence-corrected chi connectivity index (χ1v) is 10.7. The van der Waals surface area contributed by atoms with Gasteiger partial charge in [-0.2, -0.15) is 0 Å². The summed E-state index contributed by atoms with van der Waals surface area (Å²) in [4.78, 5) is 19.5. The number of carbonyl (C=O) groups is 1. The summed E-state index contributed by atoms with van der Waals surface area (Å²) in [7, 11) is 4.01. The molecule has 1 aromatic heterocycles. The number of aryl methyl sites for hydroxylation is 1. The summed E-state index contributed by atoms with van der Waals surface area (Å²) < 4.78 is 5.78. The third-order valence-electron chi connectivity index (χ3n) is 4.82. The molecule has 0 aliphatic heterocycles. The van der Waals surface area contributed by atoms with Crippen LogP contribution in [-0.4, -0.2) is 25.0 Å². The molecule has 0 saturated heterocycles. The van der Waals surface area contributed by atoms with E-state index in [0.29, 0.717) is 16.5 Å². The Bertz CT molecular complexity index is 1170. The van der Waals surface area contributed by atoms with Crippen molar-refractivity contribution in [1.82, 2.24) is 4.98 Å². The largest absolute Gasteiger partial charge is 0.431 e. The lowest BCUT2D eigenvalue weighted by Crippen LogP contribution is -2.15. The number of rotatable bonds is 6. The molecule has 0 saturated carbocycles. The Hall–Kier alpha value is -3.25. The van der Waals surface area contributed by atoms with Crippen LogP contribution in [0.25, 0.3) is 11.1 Å². The number of carbonyl (C=O) groups excluding carboxylic acids is 1. The molecule has 1 heterocycles. The fourth-order valence-corrected chi connectivity index (χ4v) is 4.20. The Morgan fingerprint density at radius 2 is 1.83 bits per heavy atom. The molecule has 30 heavy (non-hydrogen) atoms. The van der Waals surface area contributed by atoms with Crippen LogP contribution < -0.4 is 10.2 Å². The molecular weight excluding hydrogens is 394 g/mol.